The molecule has 1 aliphatic rings. The summed E-state index contributed by atoms with van der Waals surface area (Å²) in [5.74, 6) is -1.03. The first-order valence-electron chi connectivity index (χ1n) is 11.7. The van der Waals surface area contributed by atoms with Gasteiger partial charge in [0.05, 0.1) is 46.8 Å². The number of aromatic nitrogens is 1. The van der Waals surface area contributed by atoms with Gasteiger partial charge in [-0.25, -0.2) is 9.78 Å². The molecule has 1 aliphatic heterocycles. The van der Waals surface area contributed by atoms with E-state index in [9.17, 15) is 29.6 Å². The van der Waals surface area contributed by atoms with Gasteiger partial charge in [0.1, 0.15) is 12.2 Å². The van der Waals surface area contributed by atoms with E-state index in [-0.39, 0.29) is 37.9 Å². The normalized spacial score (nSPS) is 18.7. The predicted octanol–water partition coefficient (Wildman–Crippen LogP) is 2.57. The maximum Gasteiger partial charge on any atom is 0.338 e. The number of nitro groups is 1. The Morgan fingerprint density at radius 2 is 1.84 bits per heavy atom. The molecule has 198 valence electrons. The van der Waals surface area contributed by atoms with Crippen molar-refractivity contribution >= 4 is 35.1 Å². The molecule has 0 saturated carbocycles. The van der Waals surface area contributed by atoms with Crippen LogP contribution >= 0.6 is 11.3 Å². The Hall–Kier alpha value is -4.32. The van der Waals surface area contributed by atoms with E-state index in [1.165, 1.54) is 30.6 Å². The first-order valence-corrected chi connectivity index (χ1v) is 12.5. The molecule has 0 spiro atoms. The lowest BCUT2D eigenvalue weighted by atomic mass is 9.84. The molecule has 4 rings (SSSR count). The van der Waals surface area contributed by atoms with E-state index in [4.69, 9.17) is 9.47 Å². The number of likely N-dealkylation sites (tertiary alicyclic amines) is 1. The molecule has 0 bridgehead atoms. The van der Waals surface area contributed by atoms with Gasteiger partial charge >= 0.3 is 11.9 Å². The molecule has 11 nitrogen and oxygen atoms in total. The molecular formula is C26H24N3O8S-. The number of nitro benzene ring substituents is 1. The average molecular weight is 539 g/mol. The van der Waals surface area contributed by atoms with E-state index >= 15 is 0 Å². The first kappa shape index (κ1) is 26.7. The van der Waals surface area contributed by atoms with Crippen molar-refractivity contribution in [3.05, 3.63) is 91.9 Å². The molecule has 0 radical (unpaired) electrons. The molecule has 2 aromatic carbocycles. The number of nitrogens with zero attached hydrogens (tertiary/aromatic N) is 3. The molecule has 2 atom stereocenters. The van der Waals surface area contributed by atoms with Gasteiger partial charge in [-0.05, 0) is 24.1 Å². The van der Waals surface area contributed by atoms with E-state index in [2.05, 4.69) is 4.98 Å². The number of rotatable bonds is 9. The minimum absolute atomic E-state index is 0.0239. The number of methoxy groups -OCH3 is 1. The smallest absolute Gasteiger partial charge is 0.338 e. The number of non-ortho nitro benzene ring substituents is 1. The lowest BCUT2D eigenvalue weighted by Gasteiger charge is -2.39. The van der Waals surface area contributed by atoms with Crippen LogP contribution in [0, 0.1) is 10.1 Å². The second kappa shape index (κ2) is 11.4. The standard InChI is InChI=1S/C26H25N3O8S/c1-36-23(30)11-19-16-38-22(27-19)14-26(12-17-7-9-20(10-8-17)29(34)35)13-21(15-28(26)25(32)33)37-24(31)18-5-3-2-4-6-18/h2-10,16,21H,11-15H2,1H3,(H,32,33)/p-1/t21-,26+/m1/s1. The van der Waals surface area contributed by atoms with Crippen LogP contribution in [0.4, 0.5) is 10.5 Å². The van der Waals surface area contributed by atoms with Crippen molar-refractivity contribution in [3.63, 3.8) is 0 Å². The van der Waals surface area contributed by atoms with Crippen molar-refractivity contribution in [2.45, 2.75) is 37.3 Å². The van der Waals surface area contributed by atoms with Crippen molar-refractivity contribution in [1.29, 1.82) is 0 Å². The number of amides is 1. The van der Waals surface area contributed by atoms with Crippen LogP contribution in [0.15, 0.2) is 60.0 Å². The van der Waals surface area contributed by atoms with Gasteiger partial charge in [0.25, 0.3) is 5.69 Å². The number of hydrogen-bond donors (Lipinski definition) is 0. The Morgan fingerprint density at radius 1 is 1.13 bits per heavy atom. The minimum Gasteiger partial charge on any atom is -0.530 e. The average Bonchev–Trinajstić information content (AvgIpc) is 3.48. The van der Waals surface area contributed by atoms with Gasteiger partial charge in [0, 0.05) is 30.4 Å². The predicted molar refractivity (Wildman–Crippen MR) is 133 cm³/mol. The number of carbonyl (C=O) groups is 3. The van der Waals surface area contributed by atoms with Crippen LogP contribution in [-0.2, 0) is 33.5 Å². The highest BCUT2D eigenvalue weighted by Crippen LogP contribution is 2.38. The molecule has 1 saturated heterocycles. The third-order valence-corrected chi connectivity index (χ3v) is 7.28. The zero-order valence-electron chi connectivity index (χ0n) is 20.4. The molecule has 0 N–H and O–H groups in total. The third-order valence-electron chi connectivity index (χ3n) is 6.38. The molecule has 2 heterocycles. The van der Waals surface area contributed by atoms with Gasteiger partial charge in [-0.3, -0.25) is 14.9 Å². The first-order chi connectivity index (χ1) is 18.2. The lowest BCUT2D eigenvalue weighted by Crippen LogP contribution is -2.54. The Bertz CT molecular complexity index is 1330. The minimum atomic E-state index is -1.43. The van der Waals surface area contributed by atoms with Gasteiger partial charge in [-0.15, -0.1) is 11.3 Å². The van der Waals surface area contributed by atoms with E-state index < -0.39 is 34.6 Å². The highest BCUT2D eigenvalue weighted by atomic mass is 32.1. The molecule has 1 amide bonds. The summed E-state index contributed by atoms with van der Waals surface area (Å²) in [6, 6.07) is 14.2. The fourth-order valence-corrected chi connectivity index (χ4v) is 5.59. The monoisotopic (exact) mass is 538 g/mol. The maximum atomic E-state index is 12.7. The highest BCUT2D eigenvalue weighted by molar-refractivity contribution is 7.09. The third kappa shape index (κ3) is 6.14. The molecule has 1 fully saturated rings. The summed E-state index contributed by atoms with van der Waals surface area (Å²) in [5, 5.41) is 25.7. The van der Waals surface area contributed by atoms with E-state index in [0.717, 1.165) is 4.90 Å². The maximum absolute atomic E-state index is 12.7. The van der Waals surface area contributed by atoms with Crippen LogP contribution in [0.25, 0.3) is 0 Å². The van der Waals surface area contributed by atoms with Crippen molar-refractivity contribution in [2.24, 2.45) is 0 Å². The van der Waals surface area contributed by atoms with E-state index in [1.807, 2.05) is 0 Å². The topological polar surface area (TPSA) is 152 Å². The second-order valence-corrected chi connectivity index (χ2v) is 9.90. The van der Waals surface area contributed by atoms with Gasteiger partial charge in [0.2, 0.25) is 0 Å². The summed E-state index contributed by atoms with van der Waals surface area (Å²) >= 11 is 1.27. The highest BCUT2D eigenvalue weighted by Gasteiger charge is 2.48. The SMILES string of the molecule is COC(=O)Cc1csc(C[C@]2(Cc3ccc([N+](=O)[O-])cc3)C[C@@H](OC(=O)c3ccccc3)CN2C(=O)[O-])n1. The van der Waals surface area contributed by atoms with E-state index in [1.54, 1.807) is 47.8 Å². The van der Waals surface area contributed by atoms with Crippen LogP contribution in [0.5, 0.6) is 0 Å². The van der Waals surface area contributed by atoms with Crippen molar-refractivity contribution in [1.82, 2.24) is 9.88 Å². The summed E-state index contributed by atoms with van der Waals surface area (Å²) in [7, 11) is 1.28. The quantitative estimate of drug-likeness (QED) is 0.227. The number of carbonyl (C=O) groups excluding carboxylic acids is 3. The number of hydrogen-bond acceptors (Lipinski definition) is 10. The molecule has 0 unspecified atom stereocenters. The summed E-state index contributed by atoms with van der Waals surface area (Å²) in [6.07, 6.45) is -1.73. The van der Waals surface area contributed by atoms with Crippen LogP contribution in [0.3, 0.4) is 0 Å². The summed E-state index contributed by atoms with van der Waals surface area (Å²) in [4.78, 5) is 52.9. The Balaban J connectivity index is 1.64. The number of thiazole rings is 1. The van der Waals surface area contributed by atoms with Crippen LogP contribution in [0.2, 0.25) is 0 Å². The molecule has 12 heteroatoms. The molecule has 3 aromatic rings. The number of benzene rings is 2. The Labute approximate surface area is 221 Å². The summed E-state index contributed by atoms with van der Waals surface area (Å²) in [5.41, 5.74) is 0.285. The van der Waals surface area contributed by atoms with Gasteiger partial charge in [-0.2, -0.15) is 0 Å². The lowest BCUT2D eigenvalue weighted by molar-refractivity contribution is -0.384. The van der Waals surface area contributed by atoms with E-state index in [0.29, 0.717) is 21.8 Å². The van der Waals surface area contributed by atoms with Gasteiger partial charge in [-0.1, -0.05) is 30.3 Å². The van der Waals surface area contributed by atoms with Crippen molar-refractivity contribution in [2.75, 3.05) is 13.7 Å². The fourth-order valence-electron chi connectivity index (χ4n) is 4.66. The van der Waals surface area contributed by atoms with Gasteiger partial charge < -0.3 is 24.3 Å². The van der Waals surface area contributed by atoms with Crippen LogP contribution in [-0.4, -0.2) is 58.1 Å². The fraction of sp³-hybridized carbons (Fsp3) is 0.308. The van der Waals surface area contributed by atoms with Crippen molar-refractivity contribution in [3.8, 4) is 0 Å². The zero-order valence-corrected chi connectivity index (χ0v) is 21.2. The van der Waals surface area contributed by atoms with Gasteiger partial charge in [0.15, 0.2) is 0 Å². The zero-order chi connectivity index (χ0) is 27.3. The summed E-state index contributed by atoms with van der Waals surface area (Å²) in [6.45, 7) is -0.103. The summed E-state index contributed by atoms with van der Waals surface area (Å²) < 4.78 is 10.4. The van der Waals surface area contributed by atoms with Crippen LogP contribution < -0.4 is 5.11 Å². The number of ether oxygens (including phenoxy) is 2. The molecule has 38 heavy (non-hydrogen) atoms. The largest absolute Gasteiger partial charge is 0.530 e. The Kier molecular flexibility index (Phi) is 8.01. The van der Waals surface area contributed by atoms with Crippen LogP contribution in [0.1, 0.15) is 33.0 Å². The number of carboxylic acid groups (broad SMARTS) is 1. The molecule has 0 aliphatic carbocycles. The second-order valence-electron chi connectivity index (χ2n) is 8.96. The molecule has 1 aromatic heterocycles. The Morgan fingerprint density at radius 3 is 2.47 bits per heavy atom. The number of esters is 2. The van der Waals surface area contributed by atoms with Crippen molar-refractivity contribution < 1.29 is 33.9 Å². The molecular weight excluding hydrogens is 514 g/mol.